The number of aromatic nitrogens is 2. The van der Waals surface area contributed by atoms with E-state index in [0.717, 1.165) is 0 Å². The Morgan fingerprint density at radius 3 is 2.74 bits per heavy atom. The van der Waals surface area contributed by atoms with Gasteiger partial charge in [-0.15, -0.1) is 0 Å². The summed E-state index contributed by atoms with van der Waals surface area (Å²) in [4.78, 5) is 24.4. The van der Waals surface area contributed by atoms with E-state index < -0.39 is 22.9 Å². The predicted octanol–water partition coefficient (Wildman–Crippen LogP) is 0.551. The molecule has 0 spiro atoms. The van der Waals surface area contributed by atoms with Crippen LogP contribution in [0.15, 0.2) is 27.8 Å². The fraction of sp³-hybridized carbons (Fsp3) is 0.0833. The molecule has 0 aliphatic carbocycles. The zero-order valence-electron chi connectivity index (χ0n) is 9.77. The van der Waals surface area contributed by atoms with E-state index in [0.29, 0.717) is 10.1 Å². The molecule has 0 fully saturated rings. The first-order chi connectivity index (χ1) is 8.95. The van der Waals surface area contributed by atoms with Crippen LogP contribution in [0.2, 0.25) is 0 Å². The first-order valence-electron chi connectivity index (χ1n) is 5.20. The number of nitrogens with zero attached hydrogens (tertiary/aromatic N) is 2. The molecule has 6 nitrogen and oxygen atoms in total. The van der Waals surface area contributed by atoms with Crippen LogP contribution in [0.3, 0.4) is 0 Å². The van der Waals surface area contributed by atoms with Gasteiger partial charge in [-0.05, 0) is 24.6 Å². The van der Waals surface area contributed by atoms with E-state index in [2.05, 4.69) is 0 Å². The normalized spacial score (nSPS) is 10.2. The molecule has 1 heterocycles. The average Bonchev–Trinajstić information content (AvgIpc) is 2.38. The average molecular weight is 261 g/mol. The van der Waals surface area contributed by atoms with E-state index in [9.17, 15) is 19.1 Å². The molecule has 0 amide bonds. The molecule has 1 aromatic carbocycles. The summed E-state index contributed by atoms with van der Waals surface area (Å²) in [6.45, 7) is 1.62. The zero-order valence-corrected chi connectivity index (χ0v) is 9.77. The largest absolute Gasteiger partial charge is 0.492 e. The van der Waals surface area contributed by atoms with Crippen molar-refractivity contribution in [2.75, 3.05) is 0 Å². The highest BCUT2D eigenvalue weighted by Crippen LogP contribution is 2.19. The van der Waals surface area contributed by atoms with Gasteiger partial charge in [0.1, 0.15) is 0 Å². The summed E-state index contributed by atoms with van der Waals surface area (Å²) in [7, 11) is 0. The summed E-state index contributed by atoms with van der Waals surface area (Å²) in [5.41, 5.74) is -1.40. The summed E-state index contributed by atoms with van der Waals surface area (Å²) in [6, 6.07) is 6.24. The van der Waals surface area contributed by atoms with Crippen LogP contribution >= 0.6 is 0 Å². The van der Waals surface area contributed by atoms with Gasteiger partial charge >= 0.3 is 5.69 Å². The molecular weight excluding hydrogens is 253 g/mol. The first kappa shape index (κ1) is 12.6. The molecule has 96 valence electrons. The molecule has 1 aromatic heterocycles. The number of aromatic hydroxyl groups is 1. The molecule has 0 radical (unpaired) electrons. The minimum Gasteiger partial charge on any atom is -0.492 e. The Morgan fingerprint density at radius 1 is 1.42 bits per heavy atom. The summed E-state index contributed by atoms with van der Waals surface area (Å²) in [5.74, 6) is -2.55. The van der Waals surface area contributed by atoms with Crippen LogP contribution in [0.5, 0.6) is 5.88 Å². The molecule has 0 bridgehead atoms. The Bertz CT molecular complexity index is 814. The van der Waals surface area contributed by atoms with Crippen LogP contribution in [-0.2, 0) is 0 Å². The summed E-state index contributed by atoms with van der Waals surface area (Å²) < 4.78 is 14.0. The van der Waals surface area contributed by atoms with Crippen LogP contribution in [0.25, 0.3) is 5.69 Å². The molecule has 2 aromatic rings. The van der Waals surface area contributed by atoms with Crippen LogP contribution in [-0.4, -0.2) is 14.7 Å². The molecule has 0 aliphatic heterocycles. The molecule has 0 saturated carbocycles. The van der Waals surface area contributed by atoms with Crippen LogP contribution in [0.1, 0.15) is 11.1 Å². The molecule has 0 unspecified atom stereocenters. The number of nitrogens with one attached hydrogen (secondary N) is 1. The van der Waals surface area contributed by atoms with Gasteiger partial charge < -0.3 is 5.11 Å². The lowest BCUT2D eigenvalue weighted by Gasteiger charge is -2.11. The van der Waals surface area contributed by atoms with Gasteiger partial charge in [0.05, 0.1) is 17.3 Å². The minimum atomic E-state index is -1.46. The quantitative estimate of drug-likeness (QED) is 0.783. The van der Waals surface area contributed by atoms with E-state index >= 15 is 0 Å². The van der Waals surface area contributed by atoms with Gasteiger partial charge in [0.15, 0.2) is 0 Å². The highest BCUT2D eigenvalue weighted by molar-refractivity contribution is 5.48. The second kappa shape index (κ2) is 4.42. The fourth-order valence-electron chi connectivity index (χ4n) is 1.65. The van der Waals surface area contributed by atoms with E-state index in [1.165, 1.54) is 12.1 Å². The van der Waals surface area contributed by atoms with Crippen molar-refractivity contribution in [3.05, 3.63) is 56.0 Å². The number of aromatic amines is 1. The third-order valence-electron chi connectivity index (χ3n) is 2.61. The maximum Gasteiger partial charge on any atom is 0.335 e. The van der Waals surface area contributed by atoms with E-state index in [-0.39, 0.29) is 11.3 Å². The van der Waals surface area contributed by atoms with Gasteiger partial charge in [-0.25, -0.2) is 9.36 Å². The highest BCUT2D eigenvalue weighted by atomic mass is 19.1. The Hall–Kier alpha value is -2.88. The molecule has 0 saturated heterocycles. The number of nitriles is 1. The van der Waals surface area contributed by atoms with Gasteiger partial charge in [-0.2, -0.15) is 9.65 Å². The smallest absolute Gasteiger partial charge is 0.335 e. The Morgan fingerprint density at radius 2 is 2.11 bits per heavy atom. The van der Waals surface area contributed by atoms with E-state index in [1.54, 1.807) is 18.0 Å². The van der Waals surface area contributed by atoms with Gasteiger partial charge in [0, 0.05) is 0 Å². The van der Waals surface area contributed by atoms with Crippen molar-refractivity contribution in [3.63, 3.8) is 0 Å². The standard InChI is InChI=1S/C12H8FN3O3/c1-6-2-3-7(5-14)4-8(6)16-11(18)9(13)10(17)15-12(16)19/h2-4,18H,1H3,(H,15,17,19). The second-order valence-electron chi connectivity index (χ2n) is 3.85. The predicted molar refractivity (Wildman–Crippen MR) is 63.7 cm³/mol. The summed E-state index contributed by atoms with van der Waals surface area (Å²) in [5, 5.41) is 18.4. The first-order valence-corrected chi connectivity index (χ1v) is 5.20. The monoisotopic (exact) mass is 261 g/mol. The number of benzene rings is 1. The van der Waals surface area contributed by atoms with Crippen molar-refractivity contribution in [1.82, 2.24) is 9.55 Å². The molecular formula is C12H8FN3O3. The summed E-state index contributed by atoms with van der Waals surface area (Å²) >= 11 is 0. The molecule has 7 heteroatoms. The van der Waals surface area contributed by atoms with Crippen LogP contribution in [0, 0.1) is 24.1 Å². The van der Waals surface area contributed by atoms with Gasteiger partial charge in [0.25, 0.3) is 5.56 Å². The van der Waals surface area contributed by atoms with Crippen molar-refractivity contribution < 1.29 is 9.50 Å². The third kappa shape index (κ3) is 1.99. The van der Waals surface area contributed by atoms with Gasteiger partial charge in [-0.1, -0.05) is 6.07 Å². The number of rotatable bonds is 1. The number of halogens is 1. The van der Waals surface area contributed by atoms with Crippen LogP contribution < -0.4 is 11.2 Å². The second-order valence-corrected chi connectivity index (χ2v) is 3.85. The van der Waals surface area contributed by atoms with Crippen molar-refractivity contribution in [3.8, 4) is 17.6 Å². The Balaban J connectivity index is 2.88. The van der Waals surface area contributed by atoms with Gasteiger partial charge in [0.2, 0.25) is 11.7 Å². The number of aryl methyl sites for hydroxylation is 1. The number of hydrogen-bond acceptors (Lipinski definition) is 4. The highest BCUT2D eigenvalue weighted by Gasteiger charge is 2.16. The lowest BCUT2D eigenvalue weighted by atomic mass is 10.1. The number of hydrogen-bond donors (Lipinski definition) is 2. The zero-order chi connectivity index (χ0) is 14.2. The molecule has 0 aliphatic rings. The number of H-pyrrole nitrogens is 1. The van der Waals surface area contributed by atoms with Gasteiger partial charge in [-0.3, -0.25) is 9.78 Å². The van der Waals surface area contributed by atoms with Crippen molar-refractivity contribution in [2.45, 2.75) is 6.92 Å². The Kier molecular flexibility index (Phi) is 2.92. The SMILES string of the molecule is Cc1ccc(C#N)cc1-n1c(O)c(F)c(=O)[nH]c1=O. The third-order valence-corrected chi connectivity index (χ3v) is 2.61. The minimum absolute atomic E-state index is 0.122. The molecule has 19 heavy (non-hydrogen) atoms. The molecule has 0 atom stereocenters. The van der Waals surface area contributed by atoms with Crippen molar-refractivity contribution in [1.29, 1.82) is 5.26 Å². The molecule has 2 N–H and O–H groups in total. The maximum atomic E-state index is 13.4. The lowest BCUT2D eigenvalue weighted by molar-refractivity contribution is 0.386. The molecule has 2 rings (SSSR count). The van der Waals surface area contributed by atoms with Crippen LogP contribution in [0.4, 0.5) is 4.39 Å². The maximum absolute atomic E-state index is 13.4. The fourth-order valence-corrected chi connectivity index (χ4v) is 1.65. The van der Waals surface area contributed by atoms with E-state index in [1.807, 2.05) is 6.07 Å². The van der Waals surface area contributed by atoms with E-state index in [4.69, 9.17) is 5.26 Å². The summed E-state index contributed by atoms with van der Waals surface area (Å²) in [6.07, 6.45) is 0. The lowest BCUT2D eigenvalue weighted by Crippen LogP contribution is -2.31. The van der Waals surface area contributed by atoms with Crippen molar-refractivity contribution in [2.24, 2.45) is 0 Å². The topological polar surface area (TPSA) is 98.9 Å². The Labute approximate surface area is 106 Å². The van der Waals surface area contributed by atoms with Crippen molar-refractivity contribution >= 4 is 0 Å².